The van der Waals surface area contributed by atoms with Crippen molar-refractivity contribution < 1.29 is 29.0 Å². The van der Waals surface area contributed by atoms with Crippen molar-refractivity contribution in [1.82, 2.24) is 5.32 Å². The number of amides is 1. The van der Waals surface area contributed by atoms with Gasteiger partial charge in [-0.25, -0.2) is 9.59 Å². The van der Waals surface area contributed by atoms with Crippen molar-refractivity contribution in [3.8, 4) is 0 Å². The Hall–Kier alpha value is -2.57. The van der Waals surface area contributed by atoms with Crippen molar-refractivity contribution in [2.45, 2.75) is 45.3 Å². The lowest BCUT2D eigenvalue weighted by molar-refractivity contribution is -0.146. The van der Waals surface area contributed by atoms with Crippen LogP contribution in [0.25, 0.3) is 0 Å². The summed E-state index contributed by atoms with van der Waals surface area (Å²) >= 11 is 0. The average molecular weight is 337 g/mol. The molecule has 0 aliphatic carbocycles. The third-order valence-electron chi connectivity index (χ3n) is 3.18. The number of carboxylic acid groups (broad SMARTS) is 1. The summed E-state index contributed by atoms with van der Waals surface area (Å²) in [5.74, 6) is -1.71. The van der Waals surface area contributed by atoms with Crippen molar-refractivity contribution in [2.75, 3.05) is 6.61 Å². The van der Waals surface area contributed by atoms with E-state index < -0.39 is 24.1 Å². The van der Waals surface area contributed by atoms with Gasteiger partial charge in [-0.2, -0.15) is 0 Å². The summed E-state index contributed by atoms with van der Waals surface area (Å²) in [5, 5.41) is 11.1. The van der Waals surface area contributed by atoms with E-state index >= 15 is 0 Å². The van der Waals surface area contributed by atoms with Gasteiger partial charge in [0.2, 0.25) is 0 Å². The Balaban J connectivity index is 2.50. The zero-order chi connectivity index (χ0) is 17.8. The third kappa shape index (κ3) is 8.17. The highest BCUT2D eigenvalue weighted by atomic mass is 16.6. The van der Waals surface area contributed by atoms with Crippen LogP contribution in [0.15, 0.2) is 30.3 Å². The largest absolute Gasteiger partial charge is 0.481 e. The lowest BCUT2D eigenvalue weighted by Gasteiger charge is -2.17. The Morgan fingerprint density at radius 3 is 2.50 bits per heavy atom. The van der Waals surface area contributed by atoms with Crippen molar-refractivity contribution in [3.05, 3.63) is 35.9 Å². The number of rotatable bonds is 10. The van der Waals surface area contributed by atoms with Crippen LogP contribution in [0.4, 0.5) is 4.79 Å². The standard InChI is InChI=1S/C17H23NO6/c1-2-3-11-23-16(21)14(9-10-15(19)20)18-17(22)24-12-13-7-5-4-6-8-13/h4-8,14H,2-3,9-12H2,1H3,(H,18,22)(H,19,20)/t14-/m0/s1. The van der Waals surface area contributed by atoms with E-state index in [0.29, 0.717) is 6.42 Å². The molecule has 0 radical (unpaired) electrons. The van der Waals surface area contributed by atoms with E-state index in [2.05, 4.69) is 5.32 Å². The van der Waals surface area contributed by atoms with Crippen LogP contribution in [0.2, 0.25) is 0 Å². The summed E-state index contributed by atoms with van der Waals surface area (Å²) in [6.45, 7) is 2.25. The fourth-order valence-corrected chi connectivity index (χ4v) is 1.84. The van der Waals surface area contributed by atoms with Crippen LogP contribution in [-0.4, -0.2) is 35.8 Å². The van der Waals surface area contributed by atoms with Gasteiger partial charge in [0.1, 0.15) is 12.6 Å². The number of ether oxygens (including phenoxy) is 2. The van der Waals surface area contributed by atoms with Crippen molar-refractivity contribution in [3.63, 3.8) is 0 Å². The summed E-state index contributed by atoms with van der Waals surface area (Å²) < 4.78 is 10.1. The summed E-state index contributed by atoms with van der Waals surface area (Å²) in [6.07, 6.45) is 0.463. The van der Waals surface area contributed by atoms with E-state index in [1.807, 2.05) is 25.1 Å². The molecule has 1 amide bonds. The highest BCUT2D eigenvalue weighted by molar-refractivity contribution is 5.82. The number of benzene rings is 1. The van der Waals surface area contributed by atoms with Gasteiger partial charge in [0.25, 0.3) is 0 Å². The van der Waals surface area contributed by atoms with Gasteiger partial charge in [0.15, 0.2) is 0 Å². The predicted molar refractivity (Wildman–Crippen MR) is 86.3 cm³/mol. The van der Waals surface area contributed by atoms with Crippen LogP contribution in [-0.2, 0) is 25.7 Å². The number of aliphatic carboxylic acids is 1. The van der Waals surface area contributed by atoms with Crippen LogP contribution >= 0.6 is 0 Å². The molecule has 132 valence electrons. The first kappa shape index (κ1) is 19.5. The number of alkyl carbamates (subject to hydrolysis) is 1. The van der Waals surface area contributed by atoms with Crippen molar-refractivity contribution >= 4 is 18.0 Å². The minimum Gasteiger partial charge on any atom is -0.481 e. The summed E-state index contributed by atoms with van der Waals surface area (Å²) in [7, 11) is 0. The van der Waals surface area contributed by atoms with Gasteiger partial charge < -0.3 is 19.9 Å². The van der Waals surface area contributed by atoms with Crippen molar-refractivity contribution in [1.29, 1.82) is 0 Å². The van der Waals surface area contributed by atoms with Crippen LogP contribution in [0.3, 0.4) is 0 Å². The first-order chi connectivity index (χ1) is 11.5. The highest BCUT2D eigenvalue weighted by Gasteiger charge is 2.23. The zero-order valence-corrected chi connectivity index (χ0v) is 13.7. The van der Waals surface area contributed by atoms with E-state index in [0.717, 1.165) is 12.0 Å². The van der Waals surface area contributed by atoms with E-state index in [-0.39, 0.29) is 26.1 Å². The molecule has 7 nitrogen and oxygen atoms in total. The molecule has 1 atom stereocenters. The fourth-order valence-electron chi connectivity index (χ4n) is 1.84. The van der Waals surface area contributed by atoms with Crippen LogP contribution in [0, 0.1) is 0 Å². The normalized spacial score (nSPS) is 11.4. The Bertz CT molecular complexity index is 531. The zero-order valence-electron chi connectivity index (χ0n) is 13.7. The second-order valence-corrected chi connectivity index (χ2v) is 5.21. The van der Waals surface area contributed by atoms with Gasteiger partial charge in [-0.05, 0) is 18.4 Å². The highest BCUT2D eigenvalue weighted by Crippen LogP contribution is 2.04. The molecular formula is C17H23NO6. The molecule has 0 aromatic heterocycles. The monoisotopic (exact) mass is 337 g/mol. The molecule has 24 heavy (non-hydrogen) atoms. The molecule has 2 N–H and O–H groups in total. The number of esters is 1. The quantitative estimate of drug-likeness (QED) is 0.502. The van der Waals surface area contributed by atoms with Gasteiger partial charge in [0.05, 0.1) is 6.61 Å². The topological polar surface area (TPSA) is 102 Å². The minimum absolute atomic E-state index is 0.0548. The first-order valence-electron chi connectivity index (χ1n) is 7.88. The van der Waals surface area contributed by atoms with Gasteiger partial charge in [-0.3, -0.25) is 4.79 Å². The summed E-state index contributed by atoms with van der Waals surface area (Å²) in [5.41, 5.74) is 0.806. The molecule has 0 aliphatic rings. The predicted octanol–water partition coefficient (Wildman–Crippen LogP) is 2.49. The minimum atomic E-state index is -1.05. The summed E-state index contributed by atoms with van der Waals surface area (Å²) in [6, 6.07) is 8.04. The number of carboxylic acids is 1. The molecule has 0 saturated carbocycles. The number of unbranched alkanes of at least 4 members (excludes halogenated alkanes) is 1. The van der Waals surface area contributed by atoms with E-state index in [1.165, 1.54) is 0 Å². The third-order valence-corrected chi connectivity index (χ3v) is 3.18. The smallest absolute Gasteiger partial charge is 0.408 e. The Morgan fingerprint density at radius 1 is 1.17 bits per heavy atom. The maximum atomic E-state index is 12.0. The first-order valence-corrected chi connectivity index (χ1v) is 7.88. The fraction of sp³-hybridized carbons (Fsp3) is 0.471. The van der Waals surface area contributed by atoms with Crippen LogP contribution < -0.4 is 5.32 Å². The lowest BCUT2D eigenvalue weighted by atomic mass is 10.1. The van der Waals surface area contributed by atoms with Crippen LogP contribution in [0.5, 0.6) is 0 Å². The Kier molecular flexibility index (Phi) is 8.96. The number of hydrogen-bond acceptors (Lipinski definition) is 5. The molecule has 1 aromatic rings. The molecule has 0 aliphatic heterocycles. The number of nitrogens with one attached hydrogen (secondary N) is 1. The number of hydrogen-bond donors (Lipinski definition) is 2. The molecule has 0 saturated heterocycles. The van der Waals surface area contributed by atoms with Gasteiger partial charge in [0, 0.05) is 6.42 Å². The van der Waals surface area contributed by atoms with E-state index in [9.17, 15) is 14.4 Å². The van der Waals surface area contributed by atoms with Gasteiger partial charge in [-0.15, -0.1) is 0 Å². The molecule has 0 spiro atoms. The number of carbonyl (C=O) groups excluding carboxylic acids is 2. The number of carbonyl (C=O) groups is 3. The average Bonchev–Trinajstić information content (AvgIpc) is 2.57. The van der Waals surface area contributed by atoms with E-state index in [4.69, 9.17) is 14.6 Å². The molecule has 7 heteroatoms. The lowest BCUT2D eigenvalue weighted by Crippen LogP contribution is -2.42. The SMILES string of the molecule is CCCCOC(=O)[C@H](CCC(=O)O)NC(=O)OCc1ccccc1. The molecule has 0 fully saturated rings. The molecular weight excluding hydrogens is 314 g/mol. The second kappa shape index (κ2) is 11.0. The van der Waals surface area contributed by atoms with Gasteiger partial charge in [-0.1, -0.05) is 43.7 Å². The molecule has 1 aromatic carbocycles. The van der Waals surface area contributed by atoms with Crippen molar-refractivity contribution in [2.24, 2.45) is 0 Å². The maximum Gasteiger partial charge on any atom is 0.408 e. The Labute approximate surface area is 141 Å². The Morgan fingerprint density at radius 2 is 1.88 bits per heavy atom. The summed E-state index contributed by atoms with van der Waals surface area (Å²) in [4.78, 5) is 34.5. The molecule has 0 heterocycles. The maximum absolute atomic E-state index is 12.0. The van der Waals surface area contributed by atoms with Crippen LogP contribution in [0.1, 0.15) is 38.2 Å². The molecule has 0 unspecified atom stereocenters. The van der Waals surface area contributed by atoms with Gasteiger partial charge >= 0.3 is 18.0 Å². The molecule has 0 bridgehead atoms. The second-order valence-electron chi connectivity index (χ2n) is 5.21. The van der Waals surface area contributed by atoms with E-state index in [1.54, 1.807) is 12.1 Å². The molecule has 1 rings (SSSR count).